The first-order valence-corrected chi connectivity index (χ1v) is 6.71. The van der Waals surface area contributed by atoms with Crippen LogP contribution in [0.15, 0.2) is 35.2 Å². The van der Waals surface area contributed by atoms with Crippen LogP contribution in [-0.2, 0) is 19.0 Å². The average Bonchev–Trinajstić information content (AvgIpc) is 2.35. The second kappa shape index (κ2) is 7.39. The highest BCUT2D eigenvalue weighted by Crippen LogP contribution is 2.11. The number of rotatable bonds is 8. The van der Waals surface area contributed by atoms with Gasteiger partial charge in [-0.3, -0.25) is 4.18 Å². The topological polar surface area (TPSA) is 72.8 Å². The third-order valence-electron chi connectivity index (χ3n) is 1.94. The molecule has 0 saturated heterocycles. The Morgan fingerprint density at radius 1 is 1.06 bits per heavy atom. The molecule has 0 unspecified atom stereocenters. The Morgan fingerprint density at radius 2 is 1.76 bits per heavy atom. The Hall–Kier alpha value is -0.950. The van der Waals surface area contributed by atoms with Crippen molar-refractivity contribution in [2.75, 3.05) is 26.4 Å². The van der Waals surface area contributed by atoms with Crippen molar-refractivity contribution in [3.63, 3.8) is 0 Å². The molecule has 17 heavy (non-hydrogen) atoms. The van der Waals surface area contributed by atoms with Gasteiger partial charge in [0.1, 0.15) is 0 Å². The third-order valence-corrected chi connectivity index (χ3v) is 3.27. The Bertz CT molecular complexity index is 401. The molecule has 0 spiro atoms. The summed E-state index contributed by atoms with van der Waals surface area (Å²) in [7, 11) is -3.66. The lowest BCUT2D eigenvalue weighted by molar-refractivity contribution is 0.0840. The molecule has 0 aromatic heterocycles. The zero-order chi connectivity index (χ0) is 12.6. The second-order valence-corrected chi connectivity index (χ2v) is 4.89. The highest BCUT2D eigenvalue weighted by molar-refractivity contribution is 7.86. The van der Waals surface area contributed by atoms with Crippen molar-refractivity contribution in [1.82, 2.24) is 0 Å². The van der Waals surface area contributed by atoms with E-state index in [4.69, 9.17) is 14.0 Å². The van der Waals surface area contributed by atoms with Gasteiger partial charge in [-0.2, -0.15) is 8.42 Å². The molecule has 1 aromatic rings. The minimum absolute atomic E-state index is 0.0385. The fourth-order valence-corrected chi connectivity index (χ4v) is 2.12. The minimum Gasteiger partial charge on any atom is -0.394 e. The molecular weight excluding hydrogens is 244 g/mol. The van der Waals surface area contributed by atoms with Crippen LogP contribution >= 0.6 is 0 Å². The molecule has 96 valence electrons. The van der Waals surface area contributed by atoms with E-state index in [0.717, 1.165) is 0 Å². The predicted molar refractivity (Wildman–Crippen MR) is 62.1 cm³/mol. The zero-order valence-corrected chi connectivity index (χ0v) is 10.2. The number of hydrogen-bond donors (Lipinski definition) is 1. The van der Waals surface area contributed by atoms with E-state index in [-0.39, 0.29) is 24.7 Å². The van der Waals surface area contributed by atoms with E-state index >= 15 is 0 Å². The van der Waals surface area contributed by atoms with Crippen LogP contribution in [0.4, 0.5) is 0 Å². The van der Waals surface area contributed by atoms with Gasteiger partial charge in [0.2, 0.25) is 0 Å². The molecule has 0 heterocycles. The first-order valence-electron chi connectivity index (χ1n) is 5.30. The molecule has 1 N–H and O–H groups in total. The first kappa shape index (κ1) is 14.1. The Balaban J connectivity index is 2.31. The lowest BCUT2D eigenvalue weighted by Gasteiger charge is -2.05. The smallest absolute Gasteiger partial charge is 0.296 e. The van der Waals surface area contributed by atoms with Crippen molar-refractivity contribution >= 4 is 10.1 Å². The average molecular weight is 260 g/mol. The van der Waals surface area contributed by atoms with Gasteiger partial charge in [-0.05, 0) is 18.6 Å². The van der Waals surface area contributed by atoms with Gasteiger partial charge in [-0.15, -0.1) is 0 Å². The van der Waals surface area contributed by atoms with Crippen molar-refractivity contribution in [3.8, 4) is 0 Å². The summed E-state index contributed by atoms with van der Waals surface area (Å²) in [5.41, 5.74) is 0. The maximum Gasteiger partial charge on any atom is 0.296 e. The first-order chi connectivity index (χ1) is 8.17. The van der Waals surface area contributed by atoms with E-state index in [0.29, 0.717) is 13.0 Å². The Morgan fingerprint density at radius 3 is 2.41 bits per heavy atom. The van der Waals surface area contributed by atoms with Gasteiger partial charge >= 0.3 is 0 Å². The summed E-state index contributed by atoms with van der Waals surface area (Å²) in [5.74, 6) is 0. The molecule has 1 rings (SSSR count). The molecule has 0 aliphatic carbocycles. The summed E-state index contributed by atoms with van der Waals surface area (Å²) in [6.07, 6.45) is 0.464. The number of aliphatic hydroxyl groups excluding tert-OH is 1. The number of hydrogen-bond acceptors (Lipinski definition) is 5. The maximum absolute atomic E-state index is 11.6. The highest BCUT2D eigenvalue weighted by Gasteiger charge is 2.13. The van der Waals surface area contributed by atoms with E-state index in [1.54, 1.807) is 18.2 Å². The van der Waals surface area contributed by atoms with Crippen LogP contribution in [-0.4, -0.2) is 40.0 Å². The SMILES string of the molecule is O=S(=O)(OCCCOCCO)c1ccccc1. The monoisotopic (exact) mass is 260 g/mol. The molecule has 0 aliphatic rings. The summed E-state index contributed by atoms with van der Waals surface area (Å²) in [4.78, 5) is 0.149. The molecular formula is C11H16O5S. The fraction of sp³-hybridized carbons (Fsp3) is 0.455. The van der Waals surface area contributed by atoms with Crippen LogP contribution in [0.5, 0.6) is 0 Å². The van der Waals surface area contributed by atoms with Crippen LogP contribution in [0.3, 0.4) is 0 Å². The highest BCUT2D eigenvalue weighted by atomic mass is 32.2. The van der Waals surface area contributed by atoms with E-state index in [9.17, 15) is 8.42 Å². The molecule has 0 fully saturated rings. The van der Waals surface area contributed by atoms with E-state index in [1.165, 1.54) is 12.1 Å². The molecule has 0 saturated carbocycles. The molecule has 1 aromatic carbocycles. The van der Waals surface area contributed by atoms with Gasteiger partial charge < -0.3 is 9.84 Å². The van der Waals surface area contributed by atoms with Gasteiger partial charge in [0, 0.05) is 6.61 Å². The van der Waals surface area contributed by atoms with Crippen molar-refractivity contribution in [2.24, 2.45) is 0 Å². The minimum atomic E-state index is -3.66. The van der Waals surface area contributed by atoms with Crippen LogP contribution in [0, 0.1) is 0 Å². The quantitative estimate of drug-likeness (QED) is 0.552. The van der Waals surface area contributed by atoms with Gasteiger partial charge in [-0.25, -0.2) is 0 Å². The van der Waals surface area contributed by atoms with Gasteiger partial charge in [0.25, 0.3) is 10.1 Å². The lowest BCUT2D eigenvalue weighted by Crippen LogP contribution is -2.10. The molecule has 6 heteroatoms. The number of aliphatic hydroxyl groups is 1. The van der Waals surface area contributed by atoms with Crippen molar-refractivity contribution < 1.29 is 22.4 Å². The molecule has 0 atom stereocenters. The summed E-state index contributed by atoms with van der Waals surface area (Å²) in [5, 5.41) is 8.45. The summed E-state index contributed by atoms with van der Waals surface area (Å²) < 4.78 is 33.0. The number of ether oxygens (including phenoxy) is 1. The predicted octanol–water partition coefficient (Wildman–Crippen LogP) is 0.791. The molecule has 0 bridgehead atoms. The standard InChI is InChI=1S/C11H16O5S/c12-7-10-15-8-4-9-16-17(13,14)11-5-2-1-3-6-11/h1-3,5-6,12H,4,7-10H2. The third kappa shape index (κ3) is 5.27. The molecule has 0 amide bonds. The summed E-state index contributed by atoms with van der Waals surface area (Å²) >= 11 is 0. The van der Waals surface area contributed by atoms with Crippen LogP contribution in [0.2, 0.25) is 0 Å². The van der Waals surface area contributed by atoms with E-state index < -0.39 is 10.1 Å². The van der Waals surface area contributed by atoms with Crippen molar-refractivity contribution in [2.45, 2.75) is 11.3 Å². The van der Waals surface area contributed by atoms with Crippen LogP contribution in [0.1, 0.15) is 6.42 Å². The lowest BCUT2D eigenvalue weighted by atomic mass is 10.4. The van der Waals surface area contributed by atoms with E-state index in [1.807, 2.05) is 0 Å². The Labute approximate surface area is 101 Å². The van der Waals surface area contributed by atoms with Crippen LogP contribution < -0.4 is 0 Å². The molecule has 5 nitrogen and oxygen atoms in total. The second-order valence-electron chi connectivity index (χ2n) is 3.28. The normalized spacial score (nSPS) is 11.6. The fourth-order valence-electron chi connectivity index (χ4n) is 1.15. The molecule has 0 aliphatic heterocycles. The van der Waals surface area contributed by atoms with Gasteiger partial charge in [-0.1, -0.05) is 18.2 Å². The van der Waals surface area contributed by atoms with Gasteiger partial charge in [0.05, 0.1) is 24.7 Å². The molecule has 0 radical (unpaired) electrons. The summed E-state index contributed by atoms with van der Waals surface area (Å²) in [6.45, 7) is 0.655. The number of benzene rings is 1. The zero-order valence-electron chi connectivity index (χ0n) is 9.41. The van der Waals surface area contributed by atoms with Crippen LogP contribution in [0.25, 0.3) is 0 Å². The van der Waals surface area contributed by atoms with Gasteiger partial charge in [0.15, 0.2) is 0 Å². The van der Waals surface area contributed by atoms with Crippen molar-refractivity contribution in [1.29, 1.82) is 0 Å². The Kier molecular flexibility index (Phi) is 6.13. The largest absolute Gasteiger partial charge is 0.394 e. The van der Waals surface area contributed by atoms with E-state index in [2.05, 4.69) is 0 Å². The maximum atomic E-state index is 11.6. The summed E-state index contributed by atoms with van der Waals surface area (Å²) in [6, 6.07) is 7.98. The van der Waals surface area contributed by atoms with Crippen molar-refractivity contribution in [3.05, 3.63) is 30.3 Å².